The number of ether oxygens (including phenoxy) is 1. The summed E-state index contributed by atoms with van der Waals surface area (Å²) in [7, 11) is 1.56. The summed E-state index contributed by atoms with van der Waals surface area (Å²) in [5.74, 6) is 1.63. The fourth-order valence-corrected chi connectivity index (χ4v) is 2.53. The Morgan fingerprint density at radius 2 is 1.96 bits per heavy atom. The normalized spacial score (nSPS) is 10.5. The molecule has 2 amide bonds. The number of aryl methyl sites for hydroxylation is 2. The Morgan fingerprint density at radius 1 is 1.18 bits per heavy atom. The van der Waals surface area contributed by atoms with Gasteiger partial charge in [-0.15, -0.1) is 0 Å². The van der Waals surface area contributed by atoms with E-state index < -0.39 is 5.91 Å². The Hall–Kier alpha value is -3.62. The molecule has 1 aromatic carbocycles. The monoisotopic (exact) mass is 384 g/mol. The molecule has 9 nitrogen and oxygen atoms in total. The van der Waals surface area contributed by atoms with Crippen molar-refractivity contribution in [2.75, 3.05) is 19.0 Å². The summed E-state index contributed by atoms with van der Waals surface area (Å²) in [6, 6.07) is 8.90. The molecule has 28 heavy (non-hydrogen) atoms. The van der Waals surface area contributed by atoms with Crippen LogP contribution >= 0.6 is 0 Å². The Kier molecular flexibility index (Phi) is 5.73. The first-order valence-corrected chi connectivity index (χ1v) is 8.56. The zero-order valence-electron chi connectivity index (χ0n) is 15.7. The molecule has 0 bridgehead atoms. The Balaban J connectivity index is 1.58. The van der Waals surface area contributed by atoms with Gasteiger partial charge in [0.15, 0.2) is 5.82 Å². The van der Waals surface area contributed by atoms with Crippen LogP contribution < -0.4 is 15.4 Å². The lowest BCUT2D eigenvalue weighted by Crippen LogP contribution is -2.34. The van der Waals surface area contributed by atoms with E-state index in [1.807, 2.05) is 18.2 Å². The maximum absolute atomic E-state index is 12.2. The van der Waals surface area contributed by atoms with Crippen LogP contribution in [0.3, 0.4) is 0 Å². The molecule has 2 N–H and O–H groups in total. The molecule has 2 heterocycles. The third kappa shape index (κ3) is 4.56. The first-order chi connectivity index (χ1) is 13.5. The lowest BCUT2D eigenvalue weighted by atomic mass is 10.2. The second kappa shape index (κ2) is 8.38. The summed E-state index contributed by atoms with van der Waals surface area (Å²) in [5.41, 5.74) is 1.19. The van der Waals surface area contributed by atoms with Crippen LogP contribution in [-0.4, -0.2) is 35.6 Å². The van der Waals surface area contributed by atoms with Gasteiger partial charge in [-0.05, 0) is 26.0 Å². The molecule has 3 rings (SSSR count). The number of hydrogen-bond donors (Lipinski definition) is 2. The fraction of sp³-hybridized carbons (Fsp3) is 0.263. The number of amides is 2. The van der Waals surface area contributed by atoms with Crippen molar-refractivity contribution in [3.63, 3.8) is 0 Å². The van der Waals surface area contributed by atoms with Crippen LogP contribution in [0.1, 0.15) is 17.2 Å². The summed E-state index contributed by atoms with van der Waals surface area (Å²) < 4.78 is 15.9. The predicted molar refractivity (Wildman–Crippen MR) is 99.8 cm³/mol. The number of nitrogens with one attached hydrogen (secondary N) is 2. The van der Waals surface area contributed by atoms with Gasteiger partial charge in [0.2, 0.25) is 17.7 Å². The molecular formula is C19H20N4O5. The number of benzene rings is 1. The molecule has 0 spiro atoms. The number of para-hydroxylation sites is 1. The quantitative estimate of drug-likeness (QED) is 0.641. The van der Waals surface area contributed by atoms with Gasteiger partial charge in [-0.25, -0.2) is 4.98 Å². The molecular weight excluding hydrogens is 364 g/mol. The first kappa shape index (κ1) is 19.2. The maximum Gasteiger partial charge on any atom is 0.245 e. The van der Waals surface area contributed by atoms with Crippen molar-refractivity contribution < 1.29 is 23.3 Å². The molecule has 0 saturated carbocycles. The van der Waals surface area contributed by atoms with Crippen LogP contribution in [0.2, 0.25) is 0 Å². The molecule has 146 valence electrons. The standard InChI is InChI=1S/C19H20N4O5/c1-11-8-16(23-28-11)22-18(25)10-20-17(24)9-14-12(2)27-19(21-14)13-6-4-5-7-15(13)26-3/h4-8H,9-10H2,1-3H3,(H,20,24)(H,22,23,25). The van der Waals surface area contributed by atoms with Crippen LogP contribution in [0.15, 0.2) is 39.3 Å². The Labute approximate surface area is 161 Å². The van der Waals surface area contributed by atoms with Gasteiger partial charge in [-0.1, -0.05) is 17.3 Å². The zero-order valence-corrected chi connectivity index (χ0v) is 15.7. The molecule has 0 aliphatic carbocycles. The average Bonchev–Trinajstić information content (AvgIpc) is 3.25. The third-order valence-electron chi connectivity index (χ3n) is 3.90. The number of anilines is 1. The summed E-state index contributed by atoms with van der Waals surface area (Å²) in [5, 5.41) is 8.72. The smallest absolute Gasteiger partial charge is 0.245 e. The van der Waals surface area contributed by atoms with Crippen molar-refractivity contribution in [3.05, 3.63) is 47.5 Å². The Morgan fingerprint density at radius 3 is 2.68 bits per heavy atom. The van der Waals surface area contributed by atoms with Gasteiger partial charge in [-0.3, -0.25) is 9.59 Å². The van der Waals surface area contributed by atoms with Crippen LogP contribution in [0.4, 0.5) is 5.82 Å². The highest BCUT2D eigenvalue weighted by Gasteiger charge is 2.17. The maximum atomic E-state index is 12.2. The first-order valence-electron chi connectivity index (χ1n) is 8.56. The van der Waals surface area contributed by atoms with Crippen molar-refractivity contribution in [2.24, 2.45) is 0 Å². The van der Waals surface area contributed by atoms with Crippen molar-refractivity contribution in [2.45, 2.75) is 20.3 Å². The lowest BCUT2D eigenvalue weighted by Gasteiger charge is -2.04. The van der Waals surface area contributed by atoms with Crippen molar-refractivity contribution >= 4 is 17.6 Å². The summed E-state index contributed by atoms with van der Waals surface area (Å²) in [6.07, 6.45) is -0.0131. The minimum Gasteiger partial charge on any atom is -0.496 e. The summed E-state index contributed by atoms with van der Waals surface area (Å²) >= 11 is 0. The Bertz CT molecular complexity index is 992. The number of methoxy groups -OCH3 is 1. The SMILES string of the molecule is COc1ccccc1-c1nc(CC(=O)NCC(=O)Nc2cc(C)on2)c(C)o1. The molecule has 0 atom stereocenters. The van der Waals surface area contributed by atoms with E-state index in [9.17, 15) is 9.59 Å². The molecule has 0 aliphatic rings. The molecule has 3 aromatic rings. The number of carbonyl (C=O) groups is 2. The third-order valence-corrected chi connectivity index (χ3v) is 3.90. The van der Waals surface area contributed by atoms with E-state index in [1.54, 1.807) is 33.1 Å². The van der Waals surface area contributed by atoms with E-state index >= 15 is 0 Å². The van der Waals surface area contributed by atoms with Gasteiger partial charge in [0.1, 0.15) is 17.3 Å². The fourth-order valence-electron chi connectivity index (χ4n) is 2.53. The van der Waals surface area contributed by atoms with Gasteiger partial charge in [0.25, 0.3) is 0 Å². The number of hydrogen-bond acceptors (Lipinski definition) is 7. The number of oxazole rings is 1. The van der Waals surface area contributed by atoms with Gasteiger partial charge < -0.3 is 24.3 Å². The zero-order chi connectivity index (χ0) is 20.1. The number of aromatic nitrogens is 2. The van der Waals surface area contributed by atoms with E-state index in [0.29, 0.717) is 40.2 Å². The van der Waals surface area contributed by atoms with Gasteiger partial charge in [0.05, 0.1) is 31.3 Å². The van der Waals surface area contributed by atoms with Gasteiger partial charge in [-0.2, -0.15) is 0 Å². The minimum atomic E-state index is -0.409. The molecule has 2 aromatic heterocycles. The van der Waals surface area contributed by atoms with E-state index in [0.717, 1.165) is 0 Å². The van der Waals surface area contributed by atoms with E-state index in [1.165, 1.54) is 0 Å². The second-order valence-electron chi connectivity index (χ2n) is 6.05. The number of nitrogens with zero attached hydrogens (tertiary/aromatic N) is 2. The topological polar surface area (TPSA) is 119 Å². The molecule has 0 saturated heterocycles. The highest BCUT2D eigenvalue weighted by molar-refractivity contribution is 5.94. The van der Waals surface area contributed by atoms with Crippen LogP contribution in [-0.2, 0) is 16.0 Å². The van der Waals surface area contributed by atoms with Crippen molar-refractivity contribution in [3.8, 4) is 17.2 Å². The highest BCUT2D eigenvalue weighted by atomic mass is 16.5. The largest absolute Gasteiger partial charge is 0.496 e. The minimum absolute atomic E-state index is 0.0131. The molecule has 0 radical (unpaired) electrons. The molecule has 0 fully saturated rings. The van der Waals surface area contributed by atoms with Crippen LogP contribution in [0, 0.1) is 13.8 Å². The highest BCUT2D eigenvalue weighted by Crippen LogP contribution is 2.30. The van der Waals surface area contributed by atoms with Crippen molar-refractivity contribution in [1.82, 2.24) is 15.5 Å². The average molecular weight is 384 g/mol. The van der Waals surface area contributed by atoms with E-state index in [-0.39, 0.29) is 18.9 Å². The van der Waals surface area contributed by atoms with Crippen LogP contribution in [0.25, 0.3) is 11.5 Å². The summed E-state index contributed by atoms with van der Waals surface area (Å²) in [4.78, 5) is 28.4. The lowest BCUT2D eigenvalue weighted by molar-refractivity contribution is -0.123. The number of carbonyl (C=O) groups excluding carboxylic acids is 2. The van der Waals surface area contributed by atoms with Crippen molar-refractivity contribution in [1.29, 1.82) is 0 Å². The van der Waals surface area contributed by atoms with E-state index in [4.69, 9.17) is 13.7 Å². The predicted octanol–water partition coefficient (Wildman–Crippen LogP) is 2.25. The molecule has 9 heteroatoms. The van der Waals surface area contributed by atoms with Gasteiger partial charge in [0, 0.05) is 6.07 Å². The van der Waals surface area contributed by atoms with Crippen LogP contribution in [0.5, 0.6) is 5.75 Å². The van der Waals surface area contributed by atoms with E-state index in [2.05, 4.69) is 20.8 Å². The number of rotatable bonds is 7. The molecule has 0 aliphatic heterocycles. The summed E-state index contributed by atoms with van der Waals surface area (Å²) in [6.45, 7) is 3.25. The second-order valence-corrected chi connectivity index (χ2v) is 6.05. The van der Waals surface area contributed by atoms with Gasteiger partial charge >= 0.3 is 0 Å². The molecule has 0 unspecified atom stereocenters.